The Balaban J connectivity index is 1.90. The second-order valence-corrected chi connectivity index (χ2v) is 7.03. The van der Waals surface area contributed by atoms with Crippen molar-refractivity contribution in [2.45, 2.75) is 65.8 Å². The predicted molar refractivity (Wildman–Crippen MR) is 87.9 cm³/mol. The molecular weight excluding hydrogens is 242 g/mol. The van der Waals surface area contributed by atoms with Crippen molar-refractivity contribution in [3.8, 4) is 0 Å². The average molecular weight is 273 g/mol. The van der Waals surface area contributed by atoms with Crippen LogP contribution in [-0.4, -0.2) is 6.54 Å². The van der Waals surface area contributed by atoms with Gasteiger partial charge in [0.1, 0.15) is 0 Å². The first-order valence-electron chi connectivity index (χ1n) is 8.43. The summed E-state index contributed by atoms with van der Waals surface area (Å²) in [5.41, 5.74) is 3.55. The molecule has 0 aliphatic heterocycles. The maximum absolute atomic E-state index is 3.76. The predicted octanol–water partition coefficient (Wildman–Crippen LogP) is 4.95. The van der Waals surface area contributed by atoms with Gasteiger partial charge in [-0.2, -0.15) is 0 Å². The summed E-state index contributed by atoms with van der Waals surface area (Å²) in [6.45, 7) is 9.21. The number of hydrogen-bond donors (Lipinski definition) is 1. The molecule has 0 radical (unpaired) electrons. The van der Waals surface area contributed by atoms with Crippen LogP contribution in [0.2, 0.25) is 0 Å². The van der Waals surface area contributed by atoms with Crippen LogP contribution in [0.3, 0.4) is 0 Å². The highest BCUT2D eigenvalue weighted by atomic mass is 14.9. The quantitative estimate of drug-likeness (QED) is 0.741. The molecule has 1 heteroatoms. The molecule has 1 N–H and O–H groups in total. The van der Waals surface area contributed by atoms with Gasteiger partial charge in [0.05, 0.1) is 0 Å². The third-order valence-electron chi connectivity index (χ3n) is 4.82. The minimum absolute atomic E-state index is 0.579. The average Bonchev–Trinajstić information content (AvgIpc) is 2.87. The summed E-state index contributed by atoms with van der Waals surface area (Å²) < 4.78 is 0. The van der Waals surface area contributed by atoms with E-state index in [9.17, 15) is 0 Å². The molecule has 1 aromatic carbocycles. The lowest BCUT2D eigenvalue weighted by Crippen LogP contribution is -2.33. The molecule has 0 amide bonds. The first-order valence-corrected chi connectivity index (χ1v) is 8.43. The number of hydrogen-bond acceptors (Lipinski definition) is 1. The Morgan fingerprint density at radius 2 is 1.75 bits per heavy atom. The molecule has 1 aromatic rings. The van der Waals surface area contributed by atoms with E-state index in [2.05, 4.69) is 50.4 Å². The van der Waals surface area contributed by atoms with Crippen LogP contribution in [0.5, 0.6) is 0 Å². The minimum Gasteiger partial charge on any atom is -0.312 e. The third-order valence-corrected chi connectivity index (χ3v) is 4.82. The van der Waals surface area contributed by atoms with Crippen molar-refractivity contribution in [3.63, 3.8) is 0 Å². The molecule has 0 heterocycles. The fraction of sp³-hybridized carbons (Fsp3) is 0.684. The lowest BCUT2D eigenvalue weighted by Gasteiger charge is -2.31. The Labute approximate surface area is 125 Å². The Kier molecular flexibility index (Phi) is 5.65. The summed E-state index contributed by atoms with van der Waals surface area (Å²) in [4.78, 5) is 0. The topological polar surface area (TPSA) is 12.0 Å². The number of nitrogens with one attached hydrogen (secondary N) is 1. The normalized spacial score (nSPS) is 17.8. The van der Waals surface area contributed by atoms with Gasteiger partial charge >= 0.3 is 0 Å². The highest BCUT2D eigenvalue weighted by Crippen LogP contribution is 2.42. The molecule has 0 aromatic heterocycles. The van der Waals surface area contributed by atoms with Crippen molar-refractivity contribution in [2.75, 3.05) is 6.54 Å². The zero-order chi connectivity index (χ0) is 14.4. The van der Waals surface area contributed by atoms with E-state index in [4.69, 9.17) is 0 Å². The maximum Gasteiger partial charge on any atom is 0.0208 e. The van der Waals surface area contributed by atoms with Crippen molar-refractivity contribution in [1.29, 1.82) is 0 Å². The van der Waals surface area contributed by atoms with Crippen molar-refractivity contribution < 1.29 is 0 Å². The van der Waals surface area contributed by atoms with Crippen LogP contribution in [0.1, 0.15) is 64.0 Å². The van der Waals surface area contributed by atoms with Crippen LogP contribution in [0.25, 0.3) is 0 Å². The molecule has 0 atom stereocenters. The van der Waals surface area contributed by atoms with Gasteiger partial charge in [-0.05, 0) is 48.1 Å². The molecule has 1 fully saturated rings. The third kappa shape index (κ3) is 4.09. The second kappa shape index (κ2) is 7.26. The Bertz CT molecular complexity index is 402. The lowest BCUT2D eigenvalue weighted by atomic mass is 9.78. The van der Waals surface area contributed by atoms with Crippen molar-refractivity contribution >= 4 is 0 Å². The van der Waals surface area contributed by atoms with E-state index in [1.54, 1.807) is 0 Å². The van der Waals surface area contributed by atoms with Gasteiger partial charge in [-0.1, -0.05) is 57.9 Å². The van der Waals surface area contributed by atoms with Crippen molar-refractivity contribution in [2.24, 2.45) is 11.3 Å². The highest BCUT2D eigenvalue weighted by molar-refractivity contribution is 5.26. The van der Waals surface area contributed by atoms with E-state index in [-0.39, 0.29) is 0 Å². The molecule has 2 rings (SSSR count). The molecule has 1 nitrogen and oxygen atoms in total. The summed E-state index contributed by atoms with van der Waals surface area (Å²) >= 11 is 0. The molecule has 0 spiro atoms. The van der Waals surface area contributed by atoms with Crippen LogP contribution in [-0.2, 0) is 13.0 Å². The molecule has 0 saturated heterocycles. The fourth-order valence-electron chi connectivity index (χ4n) is 3.98. The van der Waals surface area contributed by atoms with Crippen molar-refractivity contribution in [3.05, 3.63) is 35.4 Å². The van der Waals surface area contributed by atoms with Gasteiger partial charge in [0.15, 0.2) is 0 Å². The van der Waals surface area contributed by atoms with Gasteiger partial charge in [0.25, 0.3) is 0 Å². The zero-order valence-corrected chi connectivity index (χ0v) is 13.5. The van der Waals surface area contributed by atoms with Gasteiger partial charge in [-0.15, -0.1) is 0 Å². The number of aryl methyl sites for hydroxylation is 1. The summed E-state index contributed by atoms with van der Waals surface area (Å²) in [7, 11) is 0. The molecule has 1 aliphatic rings. The van der Waals surface area contributed by atoms with Crippen LogP contribution in [0.15, 0.2) is 24.3 Å². The van der Waals surface area contributed by atoms with Gasteiger partial charge in [-0.25, -0.2) is 0 Å². The smallest absolute Gasteiger partial charge is 0.0208 e. The summed E-state index contributed by atoms with van der Waals surface area (Å²) in [6, 6.07) is 8.85. The van der Waals surface area contributed by atoms with E-state index < -0.39 is 0 Å². The SMILES string of the molecule is CCc1ccccc1CNCC1(CC(C)C)CCCC1. The standard InChI is InChI=1S/C19H31N/c1-4-17-9-5-6-10-18(17)14-20-15-19(13-16(2)3)11-7-8-12-19/h5-6,9-10,16,20H,4,7-8,11-15H2,1-3H3. The van der Waals surface area contributed by atoms with Gasteiger partial charge in [0.2, 0.25) is 0 Å². The highest BCUT2D eigenvalue weighted by Gasteiger charge is 2.33. The van der Waals surface area contributed by atoms with Gasteiger partial charge in [0, 0.05) is 13.1 Å². The van der Waals surface area contributed by atoms with E-state index in [1.165, 1.54) is 49.8 Å². The minimum atomic E-state index is 0.579. The zero-order valence-electron chi connectivity index (χ0n) is 13.5. The fourth-order valence-corrected chi connectivity index (χ4v) is 3.98. The largest absolute Gasteiger partial charge is 0.312 e. The second-order valence-electron chi connectivity index (χ2n) is 7.03. The molecule has 0 bridgehead atoms. The summed E-state index contributed by atoms with van der Waals surface area (Å²) in [5, 5.41) is 3.76. The summed E-state index contributed by atoms with van der Waals surface area (Å²) in [6.07, 6.45) is 8.23. The van der Waals surface area contributed by atoms with Crippen LogP contribution >= 0.6 is 0 Å². The Hall–Kier alpha value is -0.820. The Morgan fingerprint density at radius 3 is 2.35 bits per heavy atom. The van der Waals surface area contributed by atoms with E-state index >= 15 is 0 Å². The van der Waals surface area contributed by atoms with Gasteiger partial charge < -0.3 is 5.32 Å². The van der Waals surface area contributed by atoms with E-state index in [0.29, 0.717) is 5.41 Å². The van der Waals surface area contributed by atoms with Crippen molar-refractivity contribution in [1.82, 2.24) is 5.32 Å². The molecule has 1 saturated carbocycles. The lowest BCUT2D eigenvalue weighted by molar-refractivity contribution is 0.223. The van der Waals surface area contributed by atoms with E-state index in [0.717, 1.165) is 18.9 Å². The first-order chi connectivity index (χ1) is 9.65. The van der Waals surface area contributed by atoms with Crippen LogP contribution in [0.4, 0.5) is 0 Å². The van der Waals surface area contributed by atoms with Gasteiger partial charge in [-0.3, -0.25) is 0 Å². The first kappa shape index (κ1) is 15.6. The summed E-state index contributed by atoms with van der Waals surface area (Å²) in [5.74, 6) is 0.817. The molecule has 0 unspecified atom stereocenters. The molecule has 112 valence electrons. The molecule has 20 heavy (non-hydrogen) atoms. The maximum atomic E-state index is 3.76. The number of rotatable bonds is 7. The molecule has 1 aliphatic carbocycles. The monoisotopic (exact) mass is 273 g/mol. The van der Waals surface area contributed by atoms with E-state index in [1.807, 2.05) is 0 Å². The molecular formula is C19H31N. The number of benzene rings is 1. The van der Waals surface area contributed by atoms with Crippen LogP contribution in [0, 0.1) is 11.3 Å². The Morgan fingerprint density at radius 1 is 1.10 bits per heavy atom. The van der Waals surface area contributed by atoms with Crippen LogP contribution < -0.4 is 5.32 Å².